The molecule has 7 nitrogen and oxygen atoms in total. The summed E-state index contributed by atoms with van der Waals surface area (Å²) in [6, 6.07) is 0. The summed E-state index contributed by atoms with van der Waals surface area (Å²) < 4.78 is 9.52. The first-order chi connectivity index (χ1) is 8.39. The lowest BCUT2D eigenvalue weighted by Crippen LogP contribution is -2.44. The van der Waals surface area contributed by atoms with Crippen molar-refractivity contribution < 1.29 is 29.0 Å². The standard InChI is InChI=1S/C11H17NO6/c1-3-4-8(13)17-7(2)18-10(16)12-11(5-6-11)9(14)15/h7H,3-6H2,1-2H3,(H,12,16)(H,14,15). The van der Waals surface area contributed by atoms with Crippen LogP contribution in [0.3, 0.4) is 0 Å². The zero-order chi connectivity index (χ0) is 13.8. The molecule has 1 atom stereocenters. The minimum atomic E-state index is -1.20. The number of rotatable bonds is 6. The second kappa shape index (κ2) is 5.70. The average Bonchev–Trinajstić information content (AvgIpc) is 2.98. The molecule has 0 spiro atoms. The van der Waals surface area contributed by atoms with Crippen molar-refractivity contribution >= 4 is 18.0 Å². The Balaban J connectivity index is 2.32. The summed E-state index contributed by atoms with van der Waals surface area (Å²) in [5, 5.41) is 11.1. The van der Waals surface area contributed by atoms with E-state index in [4.69, 9.17) is 14.6 Å². The molecule has 0 bridgehead atoms. The SMILES string of the molecule is CCCC(=O)OC(C)OC(=O)NC1(C(=O)O)CC1. The molecule has 1 unspecified atom stereocenters. The van der Waals surface area contributed by atoms with Crippen LogP contribution in [0.15, 0.2) is 0 Å². The normalized spacial score (nSPS) is 17.4. The van der Waals surface area contributed by atoms with Gasteiger partial charge in [-0.1, -0.05) is 6.92 Å². The molecule has 0 heterocycles. The van der Waals surface area contributed by atoms with Crippen LogP contribution in [0.2, 0.25) is 0 Å². The number of aliphatic carboxylic acids is 1. The van der Waals surface area contributed by atoms with Crippen molar-refractivity contribution in [3.05, 3.63) is 0 Å². The molecule has 1 amide bonds. The van der Waals surface area contributed by atoms with E-state index >= 15 is 0 Å². The maximum atomic E-state index is 11.4. The van der Waals surface area contributed by atoms with Gasteiger partial charge in [0, 0.05) is 13.3 Å². The highest BCUT2D eigenvalue weighted by Crippen LogP contribution is 2.35. The summed E-state index contributed by atoms with van der Waals surface area (Å²) in [6.45, 7) is 3.22. The molecule has 1 fully saturated rings. The molecule has 0 radical (unpaired) electrons. The lowest BCUT2D eigenvalue weighted by molar-refractivity contribution is -0.165. The van der Waals surface area contributed by atoms with Gasteiger partial charge in [-0.05, 0) is 19.3 Å². The molecule has 1 aliphatic carbocycles. The molecule has 2 N–H and O–H groups in total. The van der Waals surface area contributed by atoms with Crippen molar-refractivity contribution in [2.75, 3.05) is 0 Å². The number of hydrogen-bond donors (Lipinski definition) is 2. The highest BCUT2D eigenvalue weighted by molar-refractivity contribution is 5.87. The molecule has 0 aliphatic heterocycles. The summed E-state index contributed by atoms with van der Waals surface area (Å²) in [7, 11) is 0. The first-order valence-corrected chi connectivity index (χ1v) is 5.81. The molecular weight excluding hydrogens is 242 g/mol. The number of alkyl carbamates (subject to hydrolysis) is 1. The Morgan fingerprint density at radius 1 is 1.33 bits per heavy atom. The molecule has 1 rings (SSSR count). The number of carbonyl (C=O) groups is 3. The van der Waals surface area contributed by atoms with Crippen molar-refractivity contribution in [3.63, 3.8) is 0 Å². The fourth-order valence-corrected chi connectivity index (χ4v) is 1.37. The Kier molecular flexibility index (Phi) is 4.52. The van der Waals surface area contributed by atoms with Gasteiger partial charge in [0.25, 0.3) is 0 Å². The smallest absolute Gasteiger partial charge is 0.411 e. The average molecular weight is 259 g/mol. The van der Waals surface area contributed by atoms with Crippen molar-refractivity contribution in [1.82, 2.24) is 5.32 Å². The summed E-state index contributed by atoms with van der Waals surface area (Å²) in [4.78, 5) is 33.3. The van der Waals surface area contributed by atoms with E-state index in [1.165, 1.54) is 6.92 Å². The number of carboxylic acid groups (broad SMARTS) is 1. The van der Waals surface area contributed by atoms with E-state index < -0.39 is 29.9 Å². The van der Waals surface area contributed by atoms with Crippen LogP contribution in [-0.4, -0.2) is 35.0 Å². The summed E-state index contributed by atoms with van der Waals surface area (Å²) in [6.07, 6.45) is -0.294. The molecule has 1 aliphatic rings. The topological polar surface area (TPSA) is 102 Å². The highest BCUT2D eigenvalue weighted by Gasteiger charge is 2.52. The highest BCUT2D eigenvalue weighted by atomic mass is 16.7. The van der Waals surface area contributed by atoms with Gasteiger partial charge in [0.2, 0.25) is 6.29 Å². The van der Waals surface area contributed by atoms with Gasteiger partial charge in [-0.3, -0.25) is 4.79 Å². The molecule has 0 aromatic rings. The monoisotopic (exact) mass is 259 g/mol. The van der Waals surface area contributed by atoms with Crippen LogP contribution in [0.5, 0.6) is 0 Å². The molecule has 102 valence electrons. The molecule has 7 heteroatoms. The largest absolute Gasteiger partial charge is 0.480 e. The Hall–Kier alpha value is -1.79. The molecule has 0 aromatic carbocycles. The Labute approximate surface area is 104 Å². The van der Waals surface area contributed by atoms with Gasteiger partial charge in [0.1, 0.15) is 5.54 Å². The number of hydrogen-bond acceptors (Lipinski definition) is 5. The number of carboxylic acids is 1. The second-order valence-electron chi connectivity index (χ2n) is 4.23. The van der Waals surface area contributed by atoms with E-state index in [-0.39, 0.29) is 6.42 Å². The van der Waals surface area contributed by atoms with Gasteiger partial charge in [0.15, 0.2) is 0 Å². The number of carbonyl (C=O) groups excluding carboxylic acids is 2. The first kappa shape index (κ1) is 14.3. The summed E-state index contributed by atoms with van der Waals surface area (Å²) >= 11 is 0. The third kappa shape index (κ3) is 3.90. The number of nitrogens with one attached hydrogen (secondary N) is 1. The van der Waals surface area contributed by atoms with E-state index in [1.54, 1.807) is 0 Å². The fraction of sp³-hybridized carbons (Fsp3) is 0.727. The number of esters is 1. The van der Waals surface area contributed by atoms with Gasteiger partial charge >= 0.3 is 18.0 Å². The van der Waals surface area contributed by atoms with Crippen LogP contribution in [0.25, 0.3) is 0 Å². The minimum absolute atomic E-state index is 0.244. The minimum Gasteiger partial charge on any atom is -0.480 e. The van der Waals surface area contributed by atoms with Crippen LogP contribution in [0, 0.1) is 0 Å². The van der Waals surface area contributed by atoms with E-state index in [2.05, 4.69) is 5.32 Å². The molecule has 1 saturated carbocycles. The van der Waals surface area contributed by atoms with E-state index in [0.717, 1.165) is 0 Å². The molecular formula is C11H17NO6. The molecule has 0 saturated heterocycles. The Morgan fingerprint density at radius 3 is 2.39 bits per heavy atom. The van der Waals surface area contributed by atoms with Crippen molar-refractivity contribution in [2.45, 2.75) is 51.4 Å². The second-order valence-corrected chi connectivity index (χ2v) is 4.23. The number of amides is 1. The van der Waals surface area contributed by atoms with Crippen LogP contribution in [0.1, 0.15) is 39.5 Å². The van der Waals surface area contributed by atoms with E-state index in [0.29, 0.717) is 19.3 Å². The molecule has 18 heavy (non-hydrogen) atoms. The number of ether oxygens (including phenoxy) is 2. The predicted octanol–water partition coefficient (Wildman–Crippen LogP) is 1.02. The summed E-state index contributed by atoms with van der Waals surface area (Å²) in [5.41, 5.74) is -1.20. The van der Waals surface area contributed by atoms with Crippen LogP contribution >= 0.6 is 0 Å². The van der Waals surface area contributed by atoms with Crippen molar-refractivity contribution in [2.24, 2.45) is 0 Å². The van der Waals surface area contributed by atoms with Gasteiger partial charge in [-0.15, -0.1) is 0 Å². The molecule has 0 aromatic heterocycles. The van der Waals surface area contributed by atoms with Gasteiger partial charge in [-0.2, -0.15) is 0 Å². The van der Waals surface area contributed by atoms with Gasteiger partial charge < -0.3 is 19.9 Å². The first-order valence-electron chi connectivity index (χ1n) is 5.81. The Morgan fingerprint density at radius 2 is 1.94 bits per heavy atom. The quantitative estimate of drug-likeness (QED) is 0.545. The third-order valence-electron chi connectivity index (χ3n) is 2.53. The van der Waals surface area contributed by atoms with Crippen molar-refractivity contribution in [3.8, 4) is 0 Å². The van der Waals surface area contributed by atoms with E-state index in [1.807, 2.05) is 6.92 Å². The van der Waals surface area contributed by atoms with Gasteiger partial charge in [-0.25, -0.2) is 9.59 Å². The van der Waals surface area contributed by atoms with Crippen LogP contribution < -0.4 is 5.32 Å². The van der Waals surface area contributed by atoms with Crippen LogP contribution in [-0.2, 0) is 19.1 Å². The maximum absolute atomic E-state index is 11.4. The zero-order valence-electron chi connectivity index (χ0n) is 10.4. The van der Waals surface area contributed by atoms with E-state index in [9.17, 15) is 14.4 Å². The summed E-state index contributed by atoms with van der Waals surface area (Å²) in [5.74, 6) is -1.55. The van der Waals surface area contributed by atoms with Gasteiger partial charge in [0.05, 0.1) is 0 Å². The Bertz CT molecular complexity index is 349. The lowest BCUT2D eigenvalue weighted by Gasteiger charge is -2.17. The van der Waals surface area contributed by atoms with Crippen molar-refractivity contribution in [1.29, 1.82) is 0 Å². The fourth-order valence-electron chi connectivity index (χ4n) is 1.37. The lowest BCUT2D eigenvalue weighted by atomic mass is 10.3. The van der Waals surface area contributed by atoms with Crippen LogP contribution in [0.4, 0.5) is 4.79 Å². The maximum Gasteiger partial charge on any atom is 0.411 e. The third-order valence-corrected chi connectivity index (χ3v) is 2.53. The zero-order valence-corrected chi connectivity index (χ0v) is 10.4. The predicted molar refractivity (Wildman–Crippen MR) is 59.7 cm³/mol.